The zero-order valence-electron chi connectivity index (χ0n) is 26.1. The zero-order chi connectivity index (χ0) is 30.2. The van der Waals surface area contributed by atoms with Gasteiger partial charge in [-0.15, -0.1) is 41.5 Å². The van der Waals surface area contributed by atoms with Crippen LogP contribution in [-0.4, -0.2) is 14.8 Å². The number of para-hydroxylation sites is 1. The molecule has 4 aromatic carbocycles. The van der Waals surface area contributed by atoms with Crippen molar-refractivity contribution in [1.29, 1.82) is 0 Å². The Morgan fingerprint density at radius 2 is 1.34 bits per heavy atom. The molecule has 1 radical (unpaired) electrons. The molecule has 0 amide bonds. The van der Waals surface area contributed by atoms with Crippen LogP contribution in [0.5, 0.6) is 0 Å². The molecule has 0 fully saturated rings. The third kappa shape index (κ3) is 5.49. The second-order valence-corrected chi connectivity index (χ2v) is 12.3. The average Bonchev–Trinajstić information content (AvgIpc) is 3.48. The Labute approximate surface area is 275 Å². The zero-order valence-corrected chi connectivity index (χ0v) is 28.5. The van der Waals surface area contributed by atoms with E-state index in [1.54, 1.807) is 6.20 Å². The molecule has 1 aliphatic rings. The van der Waals surface area contributed by atoms with Gasteiger partial charge in [-0.1, -0.05) is 82.3 Å². The van der Waals surface area contributed by atoms with Crippen molar-refractivity contribution >= 4 is 0 Å². The van der Waals surface area contributed by atoms with E-state index in [0.717, 1.165) is 16.9 Å². The summed E-state index contributed by atoms with van der Waals surface area (Å²) in [5, 5.41) is 4.83. The second kappa shape index (κ2) is 12.5. The molecule has 0 bridgehead atoms. The van der Waals surface area contributed by atoms with Crippen molar-refractivity contribution in [1.82, 2.24) is 14.8 Å². The van der Waals surface area contributed by atoms with Crippen LogP contribution in [0.3, 0.4) is 0 Å². The maximum absolute atomic E-state index is 4.83. The minimum Gasteiger partial charge on any atom is -0.305 e. The quantitative estimate of drug-likeness (QED) is 0.169. The Kier molecular flexibility index (Phi) is 8.88. The summed E-state index contributed by atoms with van der Waals surface area (Å²) in [7, 11) is 0. The number of hydrogen-bond acceptors (Lipinski definition) is 2. The number of fused-ring (bicyclic) bond motifs is 3. The minimum absolute atomic E-state index is 0. The molecule has 0 N–H and O–H groups in total. The third-order valence-electron chi connectivity index (χ3n) is 9.26. The van der Waals surface area contributed by atoms with Crippen molar-refractivity contribution in [2.75, 3.05) is 0 Å². The Balaban J connectivity index is 0.000000248. The monoisotopic (exact) mass is 752 g/mol. The van der Waals surface area contributed by atoms with Gasteiger partial charge < -0.3 is 4.98 Å². The molecular formula is C40H37IrN3-2. The van der Waals surface area contributed by atoms with Crippen molar-refractivity contribution in [3.8, 4) is 39.2 Å². The number of hydrogen-bond donors (Lipinski definition) is 0. The van der Waals surface area contributed by atoms with Gasteiger partial charge in [0.25, 0.3) is 0 Å². The van der Waals surface area contributed by atoms with E-state index >= 15 is 0 Å². The summed E-state index contributed by atoms with van der Waals surface area (Å²) in [5.74, 6) is 0. The van der Waals surface area contributed by atoms with Gasteiger partial charge in [0.2, 0.25) is 0 Å². The van der Waals surface area contributed by atoms with Gasteiger partial charge in [-0.05, 0) is 64.5 Å². The first-order valence-corrected chi connectivity index (χ1v) is 14.9. The topological polar surface area (TPSA) is 30.7 Å². The van der Waals surface area contributed by atoms with E-state index in [9.17, 15) is 0 Å². The molecule has 223 valence electrons. The first-order chi connectivity index (χ1) is 20.7. The number of aromatic nitrogens is 3. The van der Waals surface area contributed by atoms with E-state index in [0.29, 0.717) is 0 Å². The molecule has 0 atom stereocenters. The molecule has 0 saturated heterocycles. The maximum Gasteiger partial charge on any atom is 0.0575 e. The van der Waals surface area contributed by atoms with Gasteiger partial charge in [-0.3, -0.25) is 4.68 Å². The van der Waals surface area contributed by atoms with Gasteiger partial charge in [0, 0.05) is 37.3 Å². The van der Waals surface area contributed by atoms with Crippen LogP contribution in [0.25, 0.3) is 39.2 Å². The molecule has 0 spiro atoms. The van der Waals surface area contributed by atoms with E-state index in [1.807, 2.05) is 54.7 Å². The van der Waals surface area contributed by atoms with Crippen LogP contribution in [0, 0.1) is 26.0 Å². The number of nitrogens with zero attached hydrogens (tertiary/aromatic N) is 3. The van der Waals surface area contributed by atoms with Crippen molar-refractivity contribution in [3.63, 3.8) is 0 Å². The normalized spacial score (nSPS) is 13.9. The SMILES string of the molecule is Cc1cccc(C)c1-c1ccc(-c2cnn3c2C(C)(C)C(C)(C)c2ccc[c-]c2-3)cc1.[Ir].[c-]1ccccc1-c1ccccn1. The van der Waals surface area contributed by atoms with E-state index in [-0.39, 0.29) is 30.9 Å². The summed E-state index contributed by atoms with van der Waals surface area (Å²) in [4.78, 5) is 4.22. The van der Waals surface area contributed by atoms with Crippen LogP contribution in [0.1, 0.15) is 50.1 Å². The predicted molar refractivity (Wildman–Crippen MR) is 177 cm³/mol. The fourth-order valence-corrected chi connectivity index (χ4v) is 6.23. The van der Waals surface area contributed by atoms with Crippen LogP contribution >= 0.6 is 0 Å². The van der Waals surface area contributed by atoms with Gasteiger partial charge >= 0.3 is 0 Å². The van der Waals surface area contributed by atoms with E-state index < -0.39 is 0 Å². The van der Waals surface area contributed by atoms with Gasteiger partial charge in [-0.25, -0.2) is 0 Å². The van der Waals surface area contributed by atoms with E-state index in [1.165, 1.54) is 44.6 Å². The number of benzene rings is 4. The van der Waals surface area contributed by atoms with Crippen molar-refractivity contribution in [3.05, 3.63) is 150 Å². The molecular weight excluding hydrogens is 715 g/mol. The largest absolute Gasteiger partial charge is 0.305 e. The summed E-state index contributed by atoms with van der Waals surface area (Å²) >= 11 is 0. The molecule has 44 heavy (non-hydrogen) atoms. The average molecular weight is 752 g/mol. The summed E-state index contributed by atoms with van der Waals surface area (Å²) in [5.41, 5.74) is 13.1. The van der Waals surface area contributed by atoms with E-state index in [2.05, 4.69) is 118 Å². The first kappa shape index (κ1) is 31.3. The Hall–Kier alpha value is -4.11. The second-order valence-electron chi connectivity index (χ2n) is 12.3. The molecule has 7 rings (SSSR count). The van der Waals surface area contributed by atoms with Gasteiger partial charge in [0.15, 0.2) is 0 Å². The molecule has 2 aromatic heterocycles. The molecule has 3 heterocycles. The van der Waals surface area contributed by atoms with Crippen LogP contribution in [0.4, 0.5) is 0 Å². The molecule has 3 nitrogen and oxygen atoms in total. The van der Waals surface area contributed by atoms with Crippen molar-refractivity contribution in [2.24, 2.45) is 0 Å². The smallest absolute Gasteiger partial charge is 0.0575 e. The number of rotatable bonds is 3. The Bertz CT molecular complexity index is 1810. The summed E-state index contributed by atoms with van der Waals surface area (Å²) < 4.78 is 2.11. The molecule has 6 aromatic rings. The van der Waals surface area contributed by atoms with Crippen LogP contribution < -0.4 is 0 Å². The summed E-state index contributed by atoms with van der Waals surface area (Å²) in [6, 6.07) is 42.0. The molecule has 4 heteroatoms. The third-order valence-corrected chi connectivity index (χ3v) is 9.26. The fourth-order valence-electron chi connectivity index (χ4n) is 6.23. The molecule has 0 aliphatic carbocycles. The van der Waals surface area contributed by atoms with Crippen LogP contribution in [0.15, 0.2) is 116 Å². The van der Waals surface area contributed by atoms with Gasteiger partial charge in [-0.2, -0.15) is 29.4 Å². The van der Waals surface area contributed by atoms with Gasteiger partial charge in [0.05, 0.1) is 11.9 Å². The Morgan fingerprint density at radius 1 is 0.659 bits per heavy atom. The van der Waals surface area contributed by atoms with Crippen molar-refractivity contribution < 1.29 is 20.1 Å². The fraction of sp³-hybridized carbons (Fsp3) is 0.200. The number of aryl methyl sites for hydroxylation is 2. The van der Waals surface area contributed by atoms with Crippen molar-refractivity contribution in [2.45, 2.75) is 52.4 Å². The van der Waals surface area contributed by atoms with Crippen LogP contribution in [-0.2, 0) is 30.9 Å². The minimum atomic E-state index is -0.0910. The first-order valence-electron chi connectivity index (χ1n) is 14.9. The summed E-state index contributed by atoms with van der Waals surface area (Å²) in [6.45, 7) is 13.7. The van der Waals surface area contributed by atoms with Crippen LogP contribution in [0.2, 0.25) is 0 Å². The molecule has 0 saturated carbocycles. The number of pyridine rings is 1. The standard InChI is InChI=1S/C29H29N2.C11H8N.Ir/c1-19-10-9-11-20(2)26(19)22-16-14-21(15-17-22)23-18-30-31-25-13-8-7-12-24(25)28(3,4)29(5,6)27(23)31;1-2-6-10(7-3-1)11-8-4-5-9-12-11;/h7-12,14-18H,1-6H3;1-6,8-9H;/q2*-1;. The van der Waals surface area contributed by atoms with E-state index in [4.69, 9.17) is 5.10 Å². The summed E-state index contributed by atoms with van der Waals surface area (Å²) in [6.07, 6.45) is 3.81. The van der Waals surface area contributed by atoms with Gasteiger partial charge in [0.1, 0.15) is 0 Å². The molecule has 0 unspecified atom stereocenters. The molecule has 1 aliphatic heterocycles. The predicted octanol–water partition coefficient (Wildman–Crippen LogP) is 9.74. The Morgan fingerprint density at radius 3 is 2.00 bits per heavy atom. The maximum atomic E-state index is 4.83.